The van der Waals surface area contributed by atoms with Crippen LogP contribution in [0.25, 0.3) is 0 Å². The smallest absolute Gasteiger partial charge is 0.322 e. The molecule has 0 aromatic rings. The maximum atomic E-state index is 13.3. The first-order valence-electron chi connectivity index (χ1n) is 16.7. The van der Waals surface area contributed by atoms with Crippen LogP contribution in [0.4, 0.5) is 0 Å². The summed E-state index contributed by atoms with van der Waals surface area (Å²) in [6.07, 6.45) is 26.9. The van der Waals surface area contributed by atoms with E-state index in [4.69, 9.17) is 9.47 Å². The molecule has 0 aliphatic heterocycles. The van der Waals surface area contributed by atoms with Gasteiger partial charge in [0.15, 0.2) is 0 Å². The molecule has 0 amide bonds. The van der Waals surface area contributed by atoms with Crippen LogP contribution < -0.4 is 0 Å². The van der Waals surface area contributed by atoms with Gasteiger partial charge in [-0.3, -0.25) is 9.59 Å². The van der Waals surface area contributed by atoms with E-state index in [0.29, 0.717) is 13.0 Å². The molecule has 0 radical (unpaired) electrons. The first-order chi connectivity index (χ1) is 18.6. The van der Waals surface area contributed by atoms with Crippen LogP contribution in [0.2, 0.25) is 0 Å². The molecule has 2 atom stereocenters. The highest BCUT2D eigenvalue weighted by Crippen LogP contribution is 2.36. The van der Waals surface area contributed by atoms with Crippen LogP contribution in [0.1, 0.15) is 183 Å². The lowest BCUT2D eigenvalue weighted by atomic mass is 9.83. The van der Waals surface area contributed by atoms with Gasteiger partial charge in [-0.2, -0.15) is 0 Å². The summed E-state index contributed by atoms with van der Waals surface area (Å²) in [7, 11) is 0. The van der Waals surface area contributed by atoms with Crippen molar-refractivity contribution < 1.29 is 19.1 Å². The topological polar surface area (TPSA) is 52.6 Å². The Morgan fingerprint density at radius 3 is 1.31 bits per heavy atom. The average Bonchev–Trinajstić information content (AvgIpc) is 2.88. The summed E-state index contributed by atoms with van der Waals surface area (Å²) < 4.78 is 10.4. The molecule has 0 fully saturated rings. The van der Waals surface area contributed by atoms with E-state index in [0.717, 1.165) is 25.7 Å². The Morgan fingerprint density at radius 2 is 0.949 bits per heavy atom. The fraction of sp³-hybridized carbons (Fsp3) is 0.941. The van der Waals surface area contributed by atoms with Crippen molar-refractivity contribution >= 4 is 27.9 Å². The van der Waals surface area contributed by atoms with Crippen LogP contribution in [0.15, 0.2) is 0 Å². The Labute approximate surface area is 251 Å². The van der Waals surface area contributed by atoms with Crippen molar-refractivity contribution in [2.45, 2.75) is 193 Å². The zero-order valence-electron chi connectivity index (χ0n) is 26.9. The second-order valence-corrected chi connectivity index (χ2v) is 14.3. The Kier molecular flexibility index (Phi) is 23.7. The molecule has 0 aromatic carbocycles. The Morgan fingerprint density at radius 1 is 0.590 bits per heavy atom. The third-order valence-electron chi connectivity index (χ3n) is 7.81. The van der Waals surface area contributed by atoms with Crippen LogP contribution >= 0.6 is 15.9 Å². The van der Waals surface area contributed by atoms with Crippen LogP contribution in [-0.2, 0) is 19.1 Å². The fourth-order valence-corrected chi connectivity index (χ4v) is 6.19. The fourth-order valence-electron chi connectivity index (χ4n) is 5.37. The van der Waals surface area contributed by atoms with Crippen molar-refractivity contribution in [2.24, 2.45) is 5.41 Å². The minimum atomic E-state index is -0.908. The minimum absolute atomic E-state index is 0.0281. The van der Waals surface area contributed by atoms with E-state index in [-0.39, 0.29) is 18.0 Å². The number of hydrogen-bond donors (Lipinski definition) is 0. The first kappa shape index (κ1) is 38.4. The highest BCUT2D eigenvalue weighted by Gasteiger charge is 2.42. The molecular formula is C34H65BrO4. The van der Waals surface area contributed by atoms with E-state index in [1.54, 1.807) is 13.8 Å². The van der Waals surface area contributed by atoms with Crippen molar-refractivity contribution in [1.29, 1.82) is 0 Å². The zero-order chi connectivity index (χ0) is 29.4. The van der Waals surface area contributed by atoms with Gasteiger partial charge in [0.2, 0.25) is 0 Å². The molecule has 4 nitrogen and oxygen atoms in total. The van der Waals surface area contributed by atoms with E-state index in [9.17, 15) is 9.59 Å². The lowest BCUT2D eigenvalue weighted by Gasteiger charge is -2.31. The molecule has 0 saturated carbocycles. The third kappa shape index (κ3) is 20.9. The normalized spacial score (nSPS) is 14.1. The van der Waals surface area contributed by atoms with E-state index in [1.165, 1.54) is 109 Å². The Balaban J connectivity index is 4.64. The molecular weight excluding hydrogens is 552 g/mol. The van der Waals surface area contributed by atoms with Gasteiger partial charge < -0.3 is 9.47 Å². The van der Waals surface area contributed by atoms with Gasteiger partial charge >= 0.3 is 11.9 Å². The molecule has 0 spiro atoms. The quantitative estimate of drug-likeness (QED) is 0.0523. The lowest BCUT2D eigenvalue weighted by Crippen LogP contribution is -2.40. The summed E-state index contributed by atoms with van der Waals surface area (Å²) in [6, 6.07) is 0. The molecule has 0 aliphatic carbocycles. The summed E-state index contributed by atoms with van der Waals surface area (Å²) >= 11 is 3.51. The molecule has 0 aromatic heterocycles. The maximum absolute atomic E-state index is 13.3. The van der Waals surface area contributed by atoms with Gasteiger partial charge in [-0.25, -0.2) is 0 Å². The molecule has 0 saturated heterocycles. The first-order valence-corrected chi connectivity index (χ1v) is 17.5. The molecule has 0 N–H and O–H groups in total. The highest BCUT2D eigenvalue weighted by atomic mass is 79.9. The lowest BCUT2D eigenvalue weighted by molar-refractivity contribution is -0.162. The molecule has 5 heteroatoms. The predicted molar refractivity (Wildman–Crippen MR) is 171 cm³/mol. The molecule has 232 valence electrons. The van der Waals surface area contributed by atoms with E-state index in [2.05, 4.69) is 29.8 Å². The molecule has 0 rings (SSSR count). The van der Waals surface area contributed by atoms with Gasteiger partial charge in [-0.05, 0) is 59.8 Å². The van der Waals surface area contributed by atoms with Crippen LogP contribution in [0, 0.1) is 5.41 Å². The molecule has 39 heavy (non-hydrogen) atoms. The Hall–Kier alpha value is -0.580. The van der Waals surface area contributed by atoms with Gasteiger partial charge in [-0.1, -0.05) is 139 Å². The number of carbonyl (C=O) groups is 2. The summed E-state index contributed by atoms with van der Waals surface area (Å²) in [5.74, 6) is -0.535. The van der Waals surface area contributed by atoms with E-state index in [1.807, 2.05) is 13.8 Å². The minimum Gasteiger partial charge on any atom is -0.465 e. The second kappa shape index (κ2) is 24.1. The number of halogens is 1. The summed E-state index contributed by atoms with van der Waals surface area (Å²) in [4.78, 5) is 25.7. The van der Waals surface area contributed by atoms with Crippen LogP contribution in [0.5, 0.6) is 0 Å². The number of ether oxygens (including phenoxy) is 2. The monoisotopic (exact) mass is 616 g/mol. The Bertz CT molecular complexity index is 602. The van der Waals surface area contributed by atoms with E-state index < -0.39 is 9.74 Å². The molecule has 0 heterocycles. The van der Waals surface area contributed by atoms with Crippen molar-refractivity contribution in [3.05, 3.63) is 0 Å². The predicted octanol–water partition coefficient (Wildman–Crippen LogP) is 11.3. The number of alkyl halides is 1. The van der Waals surface area contributed by atoms with Crippen molar-refractivity contribution in [2.75, 3.05) is 6.61 Å². The second-order valence-electron chi connectivity index (χ2n) is 12.6. The van der Waals surface area contributed by atoms with Gasteiger partial charge in [0.1, 0.15) is 10.4 Å². The zero-order valence-corrected chi connectivity index (χ0v) is 28.4. The number of carbonyl (C=O) groups excluding carboxylic acids is 2. The molecule has 0 bridgehead atoms. The average molecular weight is 618 g/mol. The highest BCUT2D eigenvalue weighted by molar-refractivity contribution is 9.10. The summed E-state index contributed by atoms with van der Waals surface area (Å²) in [6.45, 7) is 12.2. The standard InChI is InChI=1S/C34H65BrO4/c1-7-10-12-14-16-18-19-20-22-24-26-28-30(27-25-23-21-17-15-13-11-8-2)39-31(36)33(4,5)29-34(6,35)32(37)38-9-3/h30H,7-29H2,1-6H3. The number of hydrogen-bond acceptors (Lipinski definition) is 4. The SMILES string of the molecule is CCCCCCCCCCCCCC(CCCCCCCCCC)OC(=O)C(C)(C)CC(C)(Br)C(=O)OCC. The number of rotatable bonds is 27. The van der Waals surface area contributed by atoms with Crippen molar-refractivity contribution in [1.82, 2.24) is 0 Å². The largest absolute Gasteiger partial charge is 0.465 e. The van der Waals surface area contributed by atoms with Crippen molar-refractivity contribution in [3.63, 3.8) is 0 Å². The van der Waals surface area contributed by atoms with Crippen molar-refractivity contribution in [3.8, 4) is 0 Å². The maximum Gasteiger partial charge on any atom is 0.322 e. The van der Waals surface area contributed by atoms with E-state index >= 15 is 0 Å². The van der Waals surface area contributed by atoms with Gasteiger partial charge in [0.25, 0.3) is 0 Å². The van der Waals surface area contributed by atoms with Crippen LogP contribution in [0.3, 0.4) is 0 Å². The van der Waals surface area contributed by atoms with Gasteiger partial charge in [0.05, 0.1) is 12.0 Å². The third-order valence-corrected chi connectivity index (χ3v) is 8.41. The summed E-state index contributed by atoms with van der Waals surface area (Å²) in [5, 5.41) is 0. The van der Waals surface area contributed by atoms with Gasteiger partial charge in [0, 0.05) is 0 Å². The summed E-state index contributed by atoms with van der Waals surface area (Å²) in [5.41, 5.74) is -0.778. The molecule has 2 unspecified atom stereocenters. The van der Waals surface area contributed by atoms with Crippen LogP contribution in [-0.4, -0.2) is 29.0 Å². The van der Waals surface area contributed by atoms with Gasteiger partial charge in [-0.15, -0.1) is 0 Å². The number of unbranched alkanes of at least 4 members (excludes halogenated alkanes) is 17. The number of esters is 2. The molecule has 0 aliphatic rings.